The fraction of sp³-hybridized carbons (Fsp3) is 0.0714. The van der Waals surface area contributed by atoms with E-state index in [4.69, 9.17) is 4.74 Å². The van der Waals surface area contributed by atoms with Crippen LogP contribution in [0.1, 0.15) is 0 Å². The number of nitrogens with zero attached hydrogens (tertiary/aromatic N) is 1. The second-order valence-electron chi connectivity index (χ2n) is 3.89. The number of methoxy groups -OCH3 is 1. The predicted molar refractivity (Wildman–Crippen MR) is 76.7 cm³/mol. The van der Waals surface area contributed by atoms with Crippen molar-refractivity contribution in [2.45, 2.75) is 5.03 Å². The molecular weight excluding hydrogens is 262 g/mol. The third-order valence-corrected chi connectivity index (χ3v) is 4.58. The van der Waals surface area contributed by atoms with Crippen molar-refractivity contribution >= 4 is 28.8 Å². The van der Waals surface area contributed by atoms with Gasteiger partial charge in [-0.1, -0.05) is 24.0 Å². The molecule has 0 bridgehead atoms. The highest BCUT2D eigenvalue weighted by molar-refractivity contribution is 7.80. The minimum atomic E-state index is 0.869. The average molecular weight is 274 g/mol. The zero-order chi connectivity index (χ0) is 12.5. The summed E-state index contributed by atoms with van der Waals surface area (Å²) in [6.07, 6.45) is 2.03. The third-order valence-electron chi connectivity index (χ3n) is 2.81. The van der Waals surface area contributed by atoms with E-state index >= 15 is 0 Å². The Morgan fingerprint density at radius 1 is 1.11 bits per heavy atom. The van der Waals surface area contributed by atoms with Gasteiger partial charge in [-0.2, -0.15) is 0 Å². The van der Waals surface area contributed by atoms with Crippen LogP contribution < -0.4 is 9.14 Å². The fourth-order valence-electron chi connectivity index (χ4n) is 1.88. The van der Waals surface area contributed by atoms with Crippen molar-refractivity contribution in [2.24, 2.45) is 0 Å². The number of hydrogen-bond acceptors (Lipinski definition) is 3. The molecule has 2 aromatic heterocycles. The van der Waals surface area contributed by atoms with Gasteiger partial charge in [0.25, 0.3) is 9.86 Å². The zero-order valence-electron chi connectivity index (χ0n) is 9.83. The predicted octanol–water partition coefficient (Wildman–Crippen LogP) is 3.45. The first-order valence-electron chi connectivity index (χ1n) is 5.56. The highest BCUT2D eigenvalue weighted by atomic mass is 32.1. The molecule has 0 N–H and O–H groups in total. The summed E-state index contributed by atoms with van der Waals surface area (Å²) in [4.78, 5) is 2.36. The molecule has 4 heteroatoms. The maximum atomic E-state index is 5.17. The van der Waals surface area contributed by atoms with Crippen molar-refractivity contribution in [2.75, 3.05) is 7.11 Å². The summed E-state index contributed by atoms with van der Waals surface area (Å²) in [5.74, 6) is 0.869. The Morgan fingerprint density at radius 3 is 2.56 bits per heavy atom. The molecule has 0 spiro atoms. The largest absolute Gasteiger partial charge is 0.497 e. The van der Waals surface area contributed by atoms with Gasteiger partial charge < -0.3 is 4.74 Å². The van der Waals surface area contributed by atoms with E-state index in [1.54, 1.807) is 18.4 Å². The molecule has 0 aliphatic rings. The molecule has 0 saturated carbocycles. The van der Waals surface area contributed by atoms with Gasteiger partial charge in [-0.15, -0.1) is 4.40 Å². The van der Waals surface area contributed by atoms with Gasteiger partial charge in [-0.3, -0.25) is 0 Å². The molecule has 0 aliphatic heterocycles. The molecule has 18 heavy (non-hydrogen) atoms. The number of hydrogen-bond donors (Lipinski definition) is 1. The van der Waals surface area contributed by atoms with E-state index in [2.05, 4.69) is 35.2 Å². The Kier molecular flexibility index (Phi) is 2.97. The Bertz CT molecular complexity index is 689. The second kappa shape index (κ2) is 4.63. The number of aromatic nitrogens is 1. The van der Waals surface area contributed by atoms with Crippen molar-refractivity contribution < 1.29 is 9.14 Å². The first kappa shape index (κ1) is 11.6. The topological polar surface area (TPSA) is 13.3 Å². The highest BCUT2D eigenvalue weighted by Gasteiger charge is 2.18. The van der Waals surface area contributed by atoms with E-state index < -0.39 is 0 Å². The quantitative estimate of drug-likeness (QED) is 0.558. The molecule has 90 valence electrons. The summed E-state index contributed by atoms with van der Waals surface area (Å²) in [7, 11) is 1.67. The molecule has 3 aromatic rings. The van der Waals surface area contributed by atoms with Crippen LogP contribution in [0.2, 0.25) is 0 Å². The van der Waals surface area contributed by atoms with Gasteiger partial charge in [0, 0.05) is 12.1 Å². The number of rotatable bonds is 2. The third kappa shape index (κ3) is 1.87. The summed E-state index contributed by atoms with van der Waals surface area (Å²) in [6.45, 7) is 0. The van der Waals surface area contributed by atoms with E-state index in [1.165, 1.54) is 9.71 Å². The molecule has 0 radical (unpaired) electrons. The van der Waals surface area contributed by atoms with Crippen LogP contribution in [0.4, 0.5) is 0 Å². The average Bonchev–Trinajstić information content (AvgIpc) is 2.77. The summed E-state index contributed by atoms with van der Waals surface area (Å²) in [5, 5.41) is 0.973. The van der Waals surface area contributed by atoms with Gasteiger partial charge in [0.2, 0.25) is 0 Å². The Morgan fingerprint density at radius 2 is 1.89 bits per heavy atom. The number of thiol groups is 1. The molecule has 0 amide bonds. The van der Waals surface area contributed by atoms with E-state index in [-0.39, 0.29) is 0 Å². The van der Waals surface area contributed by atoms with Crippen molar-refractivity contribution in [3.63, 3.8) is 0 Å². The van der Waals surface area contributed by atoms with Gasteiger partial charge in [-0.05, 0) is 35.9 Å². The SMILES string of the molecule is COc1ccc(-c2sc3cccc[n+]3c2S)cc1. The summed E-state index contributed by atoms with van der Waals surface area (Å²) >= 11 is 6.35. The normalized spacial score (nSPS) is 10.8. The van der Waals surface area contributed by atoms with Crippen molar-refractivity contribution in [1.82, 2.24) is 0 Å². The molecule has 0 aliphatic carbocycles. The molecule has 0 atom stereocenters. The van der Waals surface area contributed by atoms with Crippen LogP contribution in [0.25, 0.3) is 15.3 Å². The van der Waals surface area contributed by atoms with Crippen molar-refractivity contribution in [3.05, 3.63) is 48.7 Å². The molecule has 0 saturated heterocycles. The lowest BCUT2D eigenvalue weighted by molar-refractivity contribution is -0.549. The minimum absolute atomic E-state index is 0.869. The van der Waals surface area contributed by atoms with Gasteiger partial charge in [0.05, 0.1) is 7.11 Å². The monoisotopic (exact) mass is 274 g/mol. The maximum Gasteiger partial charge on any atom is 0.268 e. The number of ether oxygens (including phenoxy) is 1. The zero-order valence-corrected chi connectivity index (χ0v) is 11.5. The Labute approximate surface area is 115 Å². The lowest BCUT2D eigenvalue weighted by atomic mass is 10.2. The summed E-state index contributed by atoms with van der Waals surface area (Å²) in [6, 6.07) is 14.2. The van der Waals surface area contributed by atoms with Crippen LogP contribution in [0.5, 0.6) is 5.75 Å². The molecule has 1 aromatic carbocycles. The molecule has 2 heterocycles. The van der Waals surface area contributed by atoms with Crippen LogP contribution in [0.3, 0.4) is 0 Å². The van der Waals surface area contributed by atoms with E-state index in [0.717, 1.165) is 16.3 Å². The van der Waals surface area contributed by atoms with Gasteiger partial charge in [0.15, 0.2) is 6.20 Å². The first-order valence-corrected chi connectivity index (χ1v) is 6.82. The van der Waals surface area contributed by atoms with Gasteiger partial charge >= 0.3 is 0 Å². The van der Waals surface area contributed by atoms with Gasteiger partial charge in [-0.25, -0.2) is 0 Å². The molecule has 0 fully saturated rings. The molecule has 0 unspecified atom stereocenters. The van der Waals surface area contributed by atoms with Crippen LogP contribution in [-0.4, -0.2) is 7.11 Å². The Hall–Kier alpha value is -1.52. The number of thiazole rings is 1. The Balaban J connectivity index is 2.15. The lowest BCUT2D eigenvalue weighted by Gasteiger charge is -2.00. The molecule has 3 rings (SSSR count). The van der Waals surface area contributed by atoms with E-state index in [9.17, 15) is 0 Å². The highest BCUT2D eigenvalue weighted by Crippen LogP contribution is 2.32. The number of fused-ring (bicyclic) bond motifs is 1. The molecular formula is C14H12NOS2+. The van der Waals surface area contributed by atoms with Crippen LogP contribution in [0.15, 0.2) is 53.7 Å². The van der Waals surface area contributed by atoms with E-state index in [1.807, 2.05) is 30.5 Å². The van der Waals surface area contributed by atoms with Crippen LogP contribution in [-0.2, 0) is 0 Å². The van der Waals surface area contributed by atoms with Crippen LogP contribution >= 0.6 is 24.0 Å². The first-order chi connectivity index (χ1) is 8.79. The smallest absolute Gasteiger partial charge is 0.268 e. The fourth-order valence-corrected chi connectivity index (χ4v) is 3.43. The minimum Gasteiger partial charge on any atom is -0.497 e. The summed E-state index contributed by atoms with van der Waals surface area (Å²) in [5.41, 5.74) is 1.16. The van der Waals surface area contributed by atoms with Gasteiger partial charge in [0.1, 0.15) is 10.6 Å². The maximum absolute atomic E-state index is 5.17. The lowest BCUT2D eigenvalue weighted by Crippen LogP contribution is -2.18. The standard InChI is InChI=1S/C14H11NOS2/c1-16-11-7-5-10(6-8-11)13-14(17)15-9-3-2-4-12(15)18-13/h2-9H,1H3/p+1. The van der Waals surface area contributed by atoms with Crippen LogP contribution in [0, 0.1) is 0 Å². The van der Waals surface area contributed by atoms with Crippen molar-refractivity contribution in [3.8, 4) is 16.2 Å². The molecule has 2 nitrogen and oxygen atoms in total. The van der Waals surface area contributed by atoms with Crippen molar-refractivity contribution in [1.29, 1.82) is 0 Å². The number of benzene rings is 1. The summed E-state index contributed by atoms with van der Waals surface area (Å²) < 4.78 is 7.26. The number of pyridine rings is 1. The van der Waals surface area contributed by atoms with E-state index in [0.29, 0.717) is 0 Å². The second-order valence-corrected chi connectivity index (χ2v) is 5.35.